The van der Waals surface area contributed by atoms with Gasteiger partial charge in [0.15, 0.2) is 0 Å². The van der Waals surface area contributed by atoms with Gasteiger partial charge in [0.1, 0.15) is 11.6 Å². The maximum atomic E-state index is 13.5. The van der Waals surface area contributed by atoms with Crippen LogP contribution < -0.4 is 4.74 Å². The zero-order chi connectivity index (χ0) is 23.1. The molecule has 1 heterocycles. The molecule has 0 bridgehead atoms. The molecule has 33 heavy (non-hydrogen) atoms. The van der Waals surface area contributed by atoms with Crippen LogP contribution in [0.1, 0.15) is 42.5 Å². The van der Waals surface area contributed by atoms with Crippen LogP contribution in [0, 0.1) is 11.7 Å². The molecule has 2 aliphatic carbocycles. The van der Waals surface area contributed by atoms with Crippen LogP contribution in [0.15, 0.2) is 65.9 Å². The Morgan fingerprint density at radius 3 is 2.79 bits per heavy atom. The first-order valence-electron chi connectivity index (χ1n) is 11.4. The molecule has 3 aromatic rings. The highest BCUT2D eigenvalue weighted by Crippen LogP contribution is 2.47. The highest BCUT2D eigenvalue weighted by molar-refractivity contribution is 5.83. The smallest absolute Gasteiger partial charge is 0.229 e. The van der Waals surface area contributed by atoms with Crippen molar-refractivity contribution >= 4 is 5.91 Å². The number of rotatable bonds is 5. The van der Waals surface area contributed by atoms with E-state index in [1.165, 1.54) is 23.3 Å². The predicted molar refractivity (Wildman–Crippen MR) is 125 cm³/mol. The van der Waals surface area contributed by atoms with Crippen LogP contribution in [0.4, 0.5) is 4.39 Å². The number of hydrogen-bond acceptors (Lipinski definition) is 3. The maximum Gasteiger partial charge on any atom is 0.229 e. The lowest BCUT2D eigenvalue weighted by Crippen LogP contribution is -2.33. The van der Waals surface area contributed by atoms with Crippen molar-refractivity contribution in [3.8, 4) is 11.4 Å². The van der Waals surface area contributed by atoms with Gasteiger partial charge in [0.2, 0.25) is 5.91 Å². The van der Waals surface area contributed by atoms with Crippen molar-refractivity contribution in [2.45, 2.75) is 38.6 Å². The number of allylic oxidation sites excluding steroid dienone is 1. The van der Waals surface area contributed by atoms with Crippen molar-refractivity contribution in [2.75, 3.05) is 14.2 Å². The van der Waals surface area contributed by atoms with E-state index in [9.17, 15) is 9.18 Å². The topological polar surface area (TPSA) is 47.4 Å². The fourth-order valence-electron chi connectivity index (χ4n) is 5.41. The monoisotopic (exact) mass is 445 g/mol. The fourth-order valence-corrected chi connectivity index (χ4v) is 5.41. The van der Waals surface area contributed by atoms with Gasteiger partial charge in [-0.2, -0.15) is 5.10 Å². The standard InChI is InChI=1S/C27H28FN3O2/c1-17-24-15-29-31(21-10-8-20(28)9-11-21)25(24)14-19-7-12-23(26(17)19)27(32)30(2)16-18-5-4-6-22(13-18)33-3/h4-6,8-11,13,15,17,23H,7,12,14,16H2,1-3H3/t17-,23+/m0/s1. The van der Waals surface area contributed by atoms with E-state index in [-0.39, 0.29) is 23.6 Å². The highest BCUT2D eigenvalue weighted by atomic mass is 19.1. The zero-order valence-corrected chi connectivity index (χ0v) is 19.2. The minimum atomic E-state index is -0.256. The van der Waals surface area contributed by atoms with Crippen molar-refractivity contribution in [3.63, 3.8) is 0 Å². The summed E-state index contributed by atoms with van der Waals surface area (Å²) in [7, 11) is 3.53. The molecular weight excluding hydrogens is 417 g/mol. The molecule has 2 aromatic carbocycles. The molecule has 2 aliphatic rings. The first kappa shape index (κ1) is 21.4. The maximum absolute atomic E-state index is 13.5. The van der Waals surface area contributed by atoms with Gasteiger partial charge >= 0.3 is 0 Å². The van der Waals surface area contributed by atoms with Crippen LogP contribution in [-0.4, -0.2) is 34.7 Å². The number of aromatic nitrogens is 2. The SMILES string of the molecule is COc1cccc(CN(C)C(=O)[C@@H]2CCC3=C2[C@@H](C)c2cnn(-c4ccc(F)cc4)c2C3)c1. The second-order valence-electron chi connectivity index (χ2n) is 9.03. The van der Waals surface area contributed by atoms with Crippen LogP contribution in [0.3, 0.4) is 0 Å². The van der Waals surface area contributed by atoms with Gasteiger partial charge in [-0.15, -0.1) is 0 Å². The Bertz CT molecular complexity index is 1230. The van der Waals surface area contributed by atoms with Crippen LogP contribution in [-0.2, 0) is 17.8 Å². The number of amides is 1. The number of hydrogen-bond donors (Lipinski definition) is 0. The number of benzene rings is 2. The molecule has 5 nitrogen and oxygen atoms in total. The van der Waals surface area contributed by atoms with Gasteiger partial charge in [0, 0.05) is 31.5 Å². The lowest BCUT2D eigenvalue weighted by molar-refractivity contribution is -0.133. The Balaban J connectivity index is 1.37. The molecule has 5 rings (SSSR count). The second kappa shape index (κ2) is 8.50. The van der Waals surface area contributed by atoms with Crippen molar-refractivity contribution in [1.82, 2.24) is 14.7 Å². The summed E-state index contributed by atoms with van der Waals surface area (Å²) in [6.45, 7) is 2.73. The lowest BCUT2D eigenvalue weighted by Gasteiger charge is -2.29. The summed E-state index contributed by atoms with van der Waals surface area (Å²) in [4.78, 5) is 15.3. The molecular formula is C27H28FN3O2. The minimum absolute atomic E-state index is 0.0899. The summed E-state index contributed by atoms with van der Waals surface area (Å²) in [5.41, 5.74) is 6.84. The third kappa shape index (κ3) is 3.84. The van der Waals surface area contributed by atoms with Gasteiger partial charge in [-0.1, -0.05) is 30.2 Å². The molecule has 1 aromatic heterocycles. The van der Waals surface area contributed by atoms with E-state index in [0.29, 0.717) is 6.54 Å². The Morgan fingerprint density at radius 1 is 1.24 bits per heavy atom. The normalized spacial score (nSPS) is 19.3. The van der Waals surface area contributed by atoms with Crippen LogP contribution >= 0.6 is 0 Å². The first-order chi connectivity index (χ1) is 16.0. The Kier molecular flexibility index (Phi) is 5.52. The Morgan fingerprint density at radius 2 is 2.03 bits per heavy atom. The molecule has 0 aliphatic heterocycles. The summed E-state index contributed by atoms with van der Waals surface area (Å²) < 4.78 is 20.6. The van der Waals surface area contributed by atoms with Crippen molar-refractivity contribution in [2.24, 2.45) is 5.92 Å². The zero-order valence-electron chi connectivity index (χ0n) is 19.2. The average Bonchev–Trinajstić information content (AvgIpc) is 3.44. The summed E-state index contributed by atoms with van der Waals surface area (Å²) >= 11 is 0. The van der Waals surface area contributed by atoms with Crippen molar-refractivity contribution < 1.29 is 13.9 Å². The molecule has 0 unspecified atom stereocenters. The van der Waals surface area contributed by atoms with Gasteiger partial charge in [-0.3, -0.25) is 4.79 Å². The van der Waals surface area contributed by atoms with Gasteiger partial charge in [-0.05, 0) is 54.8 Å². The van der Waals surface area contributed by atoms with E-state index in [1.807, 2.05) is 47.1 Å². The summed E-state index contributed by atoms with van der Waals surface area (Å²) in [6, 6.07) is 14.3. The number of nitrogens with zero attached hydrogens (tertiary/aromatic N) is 3. The van der Waals surface area contributed by atoms with Gasteiger partial charge < -0.3 is 9.64 Å². The van der Waals surface area contributed by atoms with Gasteiger partial charge in [-0.25, -0.2) is 9.07 Å². The molecule has 1 amide bonds. The van der Waals surface area contributed by atoms with E-state index in [1.54, 1.807) is 19.2 Å². The largest absolute Gasteiger partial charge is 0.497 e. The number of methoxy groups -OCH3 is 1. The van der Waals surface area contributed by atoms with Gasteiger partial charge in [0.25, 0.3) is 0 Å². The second-order valence-corrected chi connectivity index (χ2v) is 9.03. The Hall–Kier alpha value is -3.41. The molecule has 0 saturated carbocycles. The molecule has 0 spiro atoms. The van der Waals surface area contributed by atoms with E-state index in [2.05, 4.69) is 12.0 Å². The van der Waals surface area contributed by atoms with E-state index in [4.69, 9.17) is 4.74 Å². The fraction of sp³-hybridized carbons (Fsp3) is 0.333. The highest BCUT2D eigenvalue weighted by Gasteiger charge is 2.40. The van der Waals surface area contributed by atoms with E-state index in [0.717, 1.165) is 47.5 Å². The quantitative estimate of drug-likeness (QED) is 0.517. The van der Waals surface area contributed by atoms with Crippen LogP contribution in [0.5, 0.6) is 5.75 Å². The molecule has 0 radical (unpaired) electrons. The molecule has 0 N–H and O–H groups in total. The third-order valence-electron chi connectivity index (χ3n) is 7.03. The molecule has 0 saturated heterocycles. The van der Waals surface area contributed by atoms with Crippen LogP contribution in [0.2, 0.25) is 0 Å². The molecule has 2 atom stereocenters. The molecule has 0 fully saturated rings. The van der Waals surface area contributed by atoms with E-state index >= 15 is 0 Å². The first-order valence-corrected chi connectivity index (χ1v) is 11.4. The summed E-state index contributed by atoms with van der Waals surface area (Å²) in [5, 5.41) is 4.61. The third-order valence-corrected chi connectivity index (χ3v) is 7.03. The van der Waals surface area contributed by atoms with E-state index < -0.39 is 0 Å². The van der Waals surface area contributed by atoms with Crippen LogP contribution in [0.25, 0.3) is 5.69 Å². The summed E-state index contributed by atoms with van der Waals surface area (Å²) in [6.07, 6.45) is 4.48. The Labute approximate surface area is 193 Å². The molecule has 170 valence electrons. The number of halogens is 1. The van der Waals surface area contributed by atoms with Crippen molar-refractivity contribution in [1.29, 1.82) is 0 Å². The van der Waals surface area contributed by atoms with Gasteiger partial charge in [0.05, 0.1) is 30.6 Å². The number of ether oxygens (including phenoxy) is 1. The predicted octanol–water partition coefficient (Wildman–Crippen LogP) is 5.04. The number of carbonyl (C=O) groups excluding carboxylic acids is 1. The average molecular weight is 446 g/mol. The number of fused-ring (bicyclic) bond motifs is 1. The summed E-state index contributed by atoms with van der Waals surface area (Å²) in [5.74, 6) is 0.760. The number of carbonyl (C=O) groups is 1. The molecule has 6 heteroatoms. The lowest BCUT2D eigenvalue weighted by atomic mass is 9.79. The minimum Gasteiger partial charge on any atom is -0.497 e. The van der Waals surface area contributed by atoms with Crippen molar-refractivity contribution in [3.05, 3.63) is 88.5 Å².